The van der Waals surface area contributed by atoms with Gasteiger partial charge in [-0.2, -0.15) is 22.8 Å². The van der Waals surface area contributed by atoms with E-state index in [1.54, 1.807) is 43.3 Å². The normalized spacial score (nSPS) is 11.6. The average molecular weight is 456 g/mol. The van der Waals surface area contributed by atoms with E-state index >= 15 is 0 Å². The SMILES string of the molecule is COc1c(C)cccc1NC(=O)c1c(C)[nH]c2c(-c3ccccc3)c(C(F)(F)F)nn2c1=O. The van der Waals surface area contributed by atoms with Crippen LogP contribution in [-0.2, 0) is 6.18 Å². The molecule has 0 aliphatic heterocycles. The smallest absolute Gasteiger partial charge is 0.435 e. The molecule has 0 aliphatic rings. The number of methoxy groups -OCH3 is 1. The second-order valence-corrected chi connectivity index (χ2v) is 7.39. The van der Waals surface area contributed by atoms with Gasteiger partial charge in [-0.15, -0.1) is 0 Å². The van der Waals surface area contributed by atoms with Crippen molar-refractivity contribution in [3.8, 4) is 16.9 Å². The highest BCUT2D eigenvalue weighted by Crippen LogP contribution is 2.38. The third kappa shape index (κ3) is 3.84. The third-order valence-corrected chi connectivity index (χ3v) is 5.19. The molecule has 0 atom stereocenters. The molecule has 0 unspecified atom stereocenters. The number of amides is 1. The Morgan fingerprint density at radius 3 is 2.42 bits per heavy atom. The number of alkyl halides is 3. The summed E-state index contributed by atoms with van der Waals surface area (Å²) in [6, 6.07) is 12.9. The van der Waals surface area contributed by atoms with Crippen LogP contribution in [0, 0.1) is 13.8 Å². The first kappa shape index (κ1) is 22.1. The number of benzene rings is 2. The Morgan fingerprint density at radius 1 is 1.09 bits per heavy atom. The number of fused-ring (bicyclic) bond motifs is 1. The Hall–Kier alpha value is -4.08. The Balaban J connectivity index is 1.90. The Bertz CT molecular complexity index is 1420. The molecule has 2 N–H and O–H groups in total. The molecule has 0 saturated heterocycles. The van der Waals surface area contributed by atoms with E-state index in [4.69, 9.17) is 4.74 Å². The van der Waals surface area contributed by atoms with Gasteiger partial charge in [0.15, 0.2) is 5.69 Å². The maximum atomic E-state index is 13.8. The largest absolute Gasteiger partial charge is 0.494 e. The second kappa shape index (κ2) is 8.12. The van der Waals surface area contributed by atoms with Crippen LogP contribution < -0.4 is 15.6 Å². The Labute approximate surface area is 185 Å². The zero-order chi connectivity index (χ0) is 23.9. The average Bonchev–Trinajstić information content (AvgIpc) is 3.15. The summed E-state index contributed by atoms with van der Waals surface area (Å²) in [6.45, 7) is 3.23. The van der Waals surface area contributed by atoms with Crippen LogP contribution in [0.5, 0.6) is 5.75 Å². The fourth-order valence-corrected chi connectivity index (χ4v) is 3.74. The van der Waals surface area contributed by atoms with Gasteiger partial charge in [0.1, 0.15) is 17.0 Å². The number of rotatable bonds is 4. The molecule has 0 aliphatic carbocycles. The minimum absolute atomic E-state index is 0.0995. The third-order valence-electron chi connectivity index (χ3n) is 5.19. The fraction of sp³-hybridized carbons (Fsp3) is 0.174. The number of aromatic amines is 1. The molecule has 2 aromatic heterocycles. The summed E-state index contributed by atoms with van der Waals surface area (Å²) in [6.07, 6.45) is -4.82. The van der Waals surface area contributed by atoms with Gasteiger partial charge in [-0.3, -0.25) is 9.59 Å². The molecular formula is C23H19F3N4O3. The highest BCUT2D eigenvalue weighted by molar-refractivity contribution is 6.05. The molecule has 2 heterocycles. The minimum Gasteiger partial charge on any atom is -0.494 e. The van der Waals surface area contributed by atoms with E-state index in [2.05, 4.69) is 15.4 Å². The highest BCUT2D eigenvalue weighted by atomic mass is 19.4. The lowest BCUT2D eigenvalue weighted by atomic mass is 10.1. The zero-order valence-electron chi connectivity index (χ0n) is 17.9. The van der Waals surface area contributed by atoms with E-state index in [1.807, 2.05) is 0 Å². The molecule has 2 aromatic carbocycles. The zero-order valence-corrected chi connectivity index (χ0v) is 17.9. The van der Waals surface area contributed by atoms with Gasteiger partial charge < -0.3 is 15.0 Å². The van der Waals surface area contributed by atoms with Gasteiger partial charge in [0.25, 0.3) is 11.5 Å². The van der Waals surface area contributed by atoms with Gasteiger partial charge in [0, 0.05) is 5.69 Å². The molecule has 0 spiro atoms. The van der Waals surface area contributed by atoms with E-state index in [1.165, 1.54) is 26.2 Å². The number of carbonyl (C=O) groups is 1. The predicted molar refractivity (Wildman–Crippen MR) is 117 cm³/mol. The van der Waals surface area contributed by atoms with Crippen molar-refractivity contribution >= 4 is 17.2 Å². The first-order valence-corrected chi connectivity index (χ1v) is 9.86. The Morgan fingerprint density at radius 2 is 1.79 bits per heavy atom. The summed E-state index contributed by atoms with van der Waals surface area (Å²) in [4.78, 5) is 28.9. The number of nitrogens with zero attached hydrogens (tertiary/aromatic N) is 2. The molecule has 0 saturated carbocycles. The number of H-pyrrole nitrogens is 1. The van der Waals surface area contributed by atoms with Crippen LogP contribution in [0.15, 0.2) is 53.3 Å². The number of carbonyl (C=O) groups excluding carboxylic acids is 1. The molecular weight excluding hydrogens is 437 g/mol. The van der Waals surface area contributed by atoms with Crippen molar-refractivity contribution in [2.24, 2.45) is 0 Å². The van der Waals surface area contributed by atoms with Crippen molar-refractivity contribution in [3.63, 3.8) is 0 Å². The summed E-state index contributed by atoms with van der Waals surface area (Å²) in [5.41, 5.74) is -1.57. The molecule has 7 nitrogen and oxygen atoms in total. The topological polar surface area (TPSA) is 88.5 Å². The van der Waals surface area contributed by atoms with Gasteiger partial charge >= 0.3 is 6.18 Å². The van der Waals surface area contributed by atoms with Crippen LogP contribution in [0.25, 0.3) is 16.8 Å². The van der Waals surface area contributed by atoms with E-state index in [0.717, 1.165) is 5.56 Å². The van der Waals surface area contributed by atoms with E-state index in [-0.39, 0.29) is 28.0 Å². The maximum Gasteiger partial charge on any atom is 0.435 e. The molecule has 1 amide bonds. The number of para-hydroxylation sites is 1. The van der Waals surface area contributed by atoms with Crippen molar-refractivity contribution in [2.75, 3.05) is 12.4 Å². The highest BCUT2D eigenvalue weighted by Gasteiger charge is 2.39. The first-order chi connectivity index (χ1) is 15.6. The lowest BCUT2D eigenvalue weighted by Crippen LogP contribution is -2.29. The molecule has 170 valence electrons. The van der Waals surface area contributed by atoms with Crippen LogP contribution in [0.2, 0.25) is 0 Å². The quantitative estimate of drug-likeness (QED) is 0.470. The van der Waals surface area contributed by atoms with Crippen LogP contribution in [0.4, 0.5) is 18.9 Å². The van der Waals surface area contributed by atoms with Gasteiger partial charge in [0.05, 0.1) is 18.4 Å². The van der Waals surface area contributed by atoms with Crippen molar-refractivity contribution in [1.82, 2.24) is 14.6 Å². The summed E-state index contributed by atoms with van der Waals surface area (Å²) in [7, 11) is 1.44. The number of aromatic nitrogens is 3. The van der Waals surface area contributed by atoms with Crippen molar-refractivity contribution < 1.29 is 22.7 Å². The van der Waals surface area contributed by atoms with Crippen LogP contribution in [0.3, 0.4) is 0 Å². The van der Waals surface area contributed by atoms with Crippen molar-refractivity contribution in [3.05, 3.63) is 81.4 Å². The van der Waals surface area contributed by atoms with Gasteiger partial charge in [-0.1, -0.05) is 42.5 Å². The second-order valence-electron chi connectivity index (χ2n) is 7.39. The summed E-state index contributed by atoms with van der Waals surface area (Å²) < 4.78 is 47.3. The molecule has 0 bridgehead atoms. The molecule has 4 rings (SSSR count). The number of anilines is 1. The summed E-state index contributed by atoms with van der Waals surface area (Å²) in [5, 5.41) is 6.14. The van der Waals surface area contributed by atoms with Crippen molar-refractivity contribution in [2.45, 2.75) is 20.0 Å². The standard InChI is InChI=1S/C23H19F3N4O3/c1-12-8-7-11-15(18(12)33-3)28-21(31)16-13(2)27-20-17(14-9-5-4-6-10-14)19(23(24,25)26)29-30(20)22(16)32/h4-11,27H,1-3H3,(H,28,31). The Kier molecular flexibility index (Phi) is 5.44. The fourth-order valence-electron chi connectivity index (χ4n) is 3.74. The molecule has 0 fully saturated rings. The number of halogens is 3. The number of nitrogens with one attached hydrogen (secondary N) is 2. The first-order valence-electron chi connectivity index (χ1n) is 9.86. The molecule has 10 heteroatoms. The monoisotopic (exact) mass is 456 g/mol. The lowest BCUT2D eigenvalue weighted by molar-refractivity contribution is -0.140. The van der Waals surface area contributed by atoms with Crippen LogP contribution in [-0.4, -0.2) is 27.6 Å². The predicted octanol–water partition coefficient (Wildman–Crippen LogP) is 4.59. The van der Waals surface area contributed by atoms with Gasteiger partial charge in [-0.05, 0) is 31.0 Å². The molecule has 33 heavy (non-hydrogen) atoms. The lowest BCUT2D eigenvalue weighted by Gasteiger charge is -2.13. The summed E-state index contributed by atoms with van der Waals surface area (Å²) >= 11 is 0. The molecule has 0 radical (unpaired) electrons. The van der Waals surface area contributed by atoms with Gasteiger partial charge in [0.2, 0.25) is 0 Å². The van der Waals surface area contributed by atoms with Crippen LogP contribution >= 0.6 is 0 Å². The van der Waals surface area contributed by atoms with E-state index in [0.29, 0.717) is 16.0 Å². The maximum absolute atomic E-state index is 13.8. The number of aryl methyl sites for hydroxylation is 2. The van der Waals surface area contributed by atoms with Gasteiger partial charge in [-0.25, -0.2) is 0 Å². The number of hydrogen-bond acceptors (Lipinski definition) is 4. The number of hydrogen-bond donors (Lipinski definition) is 2. The summed E-state index contributed by atoms with van der Waals surface area (Å²) in [5.74, 6) is -0.393. The van der Waals surface area contributed by atoms with Crippen molar-refractivity contribution in [1.29, 1.82) is 0 Å². The van der Waals surface area contributed by atoms with E-state index in [9.17, 15) is 22.8 Å². The number of ether oxygens (including phenoxy) is 1. The minimum atomic E-state index is -4.82. The molecule has 4 aromatic rings. The van der Waals surface area contributed by atoms with Crippen LogP contribution in [0.1, 0.15) is 27.3 Å². The van der Waals surface area contributed by atoms with E-state index < -0.39 is 23.3 Å².